The molecule has 1 amide bonds. The third-order valence-corrected chi connectivity index (χ3v) is 7.92. The second kappa shape index (κ2) is 12.8. The van der Waals surface area contributed by atoms with Crippen LogP contribution in [-0.4, -0.2) is 47.5 Å². The lowest BCUT2D eigenvalue weighted by atomic mass is 9.84. The summed E-state index contributed by atoms with van der Waals surface area (Å²) in [6, 6.07) is 23.4. The Morgan fingerprint density at radius 3 is 2.10 bits per heavy atom. The molecule has 212 valence electrons. The predicted octanol–water partition coefficient (Wildman–Crippen LogP) is 6.37. The first-order chi connectivity index (χ1) is 19.8. The predicted molar refractivity (Wildman–Crippen MR) is 163 cm³/mol. The number of piperidine rings is 1. The highest BCUT2D eigenvalue weighted by Gasteiger charge is 2.25. The molecule has 2 heterocycles. The van der Waals surface area contributed by atoms with E-state index in [0.717, 1.165) is 33.3 Å². The van der Waals surface area contributed by atoms with Gasteiger partial charge in [-0.3, -0.25) is 14.4 Å². The minimum absolute atomic E-state index is 0.0682. The Morgan fingerprint density at radius 2 is 1.51 bits per heavy atom. The van der Waals surface area contributed by atoms with Crippen LogP contribution < -0.4 is 10.9 Å². The van der Waals surface area contributed by atoms with Gasteiger partial charge in [-0.25, -0.2) is 0 Å². The third-order valence-electron chi connectivity index (χ3n) is 7.42. The van der Waals surface area contributed by atoms with Crippen LogP contribution in [0, 0.1) is 0 Å². The summed E-state index contributed by atoms with van der Waals surface area (Å²) in [5.74, 6) is -0.801. The minimum atomic E-state index is -0.501. The zero-order valence-corrected chi connectivity index (χ0v) is 24.2. The zero-order valence-electron chi connectivity index (χ0n) is 22.7. The van der Waals surface area contributed by atoms with Crippen LogP contribution in [0.4, 0.5) is 5.69 Å². The van der Waals surface area contributed by atoms with Crippen molar-refractivity contribution in [3.05, 3.63) is 110 Å². The smallest absolute Gasteiger partial charge is 0.315 e. The van der Waals surface area contributed by atoms with Gasteiger partial charge in [-0.05, 0) is 72.9 Å². The van der Waals surface area contributed by atoms with Crippen LogP contribution in [0.5, 0.6) is 0 Å². The highest BCUT2D eigenvalue weighted by molar-refractivity contribution is 6.30. The number of carbonyl (C=O) groups excluding carboxylic acids is 2. The molecular weight excluding hydrogens is 561 g/mol. The Labute approximate surface area is 248 Å². The number of nitrogens with one attached hydrogen (secondary N) is 2. The lowest BCUT2D eigenvalue weighted by molar-refractivity contribution is -0.148. The summed E-state index contributed by atoms with van der Waals surface area (Å²) >= 11 is 12.4. The van der Waals surface area contributed by atoms with Crippen molar-refractivity contribution in [2.45, 2.75) is 38.1 Å². The molecule has 0 bridgehead atoms. The van der Waals surface area contributed by atoms with Crippen molar-refractivity contribution in [2.75, 3.05) is 25.0 Å². The molecule has 0 unspecified atom stereocenters. The van der Waals surface area contributed by atoms with Gasteiger partial charge in [0.15, 0.2) is 0 Å². The Morgan fingerprint density at radius 1 is 0.927 bits per heavy atom. The molecular formula is C32H31Cl2N3O4. The fraction of sp³-hybridized carbons (Fsp3) is 0.281. The van der Waals surface area contributed by atoms with E-state index in [9.17, 15) is 14.4 Å². The van der Waals surface area contributed by atoms with Crippen LogP contribution in [0.25, 0.3) is 10.9 Å². The maximum Gasteiger partial charge on any atom is 0.315 e. The van der Waals surface area contributed by atoms with E-state index >= 15 is 0 Å². The molecule has 0 aliphatic carbocycles. The van der Waals surface area contributed by atoms with Gasteiger partial charge in [-0.15, -0.1) is 0 Å². The first kappa shape index (κ1) is 28.7. The second-order valence-corrected chi connectivity index (χ2v) is 11.0. The number of ether oxygens (including phenoxy) is 1. The number of aromatic nitrogens is 1. The maximum absolute atomic E-state index is 12.6. The zero-order chi connectivity index (χ0) is 28.9. The molecule has 3 aromatic carbocycles. The fourth-order valence-electron chi connectivity index (χ4n) is 5.40. The lowest BCUT2D eigenvalue weighted by Gasteiger charge is -2.33. The Bertz CT molecular complexity index is 1550. The molecule has 1 fully saturated rings. The second-order valence-electron chi connectivity index (χ2n) is 10.2. The van der Waals surface area contributed by atoms with E-state index in [1.54, 1.807) is 17.9 Å². The van der Waals surface area contributed by atoms with Crippen molar-refractivity contribution in [1.82, 2.24) is 9.88 Å². The van der Waals surface area contributed by atoms with Crippen LogP contribution in [0.1, 0.15) is 48.8 Å². The maximum atomic E-state index is 12.6. The Kier molecular flexibility index (Phi) is 8.96. The van der Waals surface area contributed by atoms with Gasteiger partial charge in [0.1, 0.15) is 6.42 Å². The van der Waals surface area contributed by atoms with E-state index in [2.05, 4.69) is 16.4 Å². The Hall–Kier alpha value is -3.81. The number of amides is 1. The highest BCUT2D eigenvalue weighted by Crippen LogP contribution is 2.36. The summed E-state index contributed by atoms with van der Waals surface area (Å²) in [5.41, 5.74) is 4.49. The molecule has 0 atom stereocenters. The molecule has 1 aromatic heterocycles. The van der Waals surface area contributed by atoms with Crippen LogP contribution >= 0.6 is 23.2 Å². The average Bonchev–Trinajstić information content (AvgIpc) is 2.96. The van der Waals surface area contributed by atoms with Gasteiger partial charge in [0.25, 0.3) is 0 Å². The van der Waals surface area contributed by atoms with E-state index < -0.39 is 5.97 Å². The molecule has 0 saturated carbocycles. The van der Waals surface area contributed by atoms with Gasteiger partial charge in [0, 0.05) is 52.2 Å². The Balaban J connectivity index is 1.42. The van der Waals surface area contributed by atoms with E-state index in [4.69, 9.17) is 27.9 Å². The number of benzene rings is 3. The van der Waals surface area contributed by atoms with Gasteiger partial charge in [-0.2, -0.15) is 0 Å². The van der Waals surface area contributed by atoms with Crippen LogP contribution in [0.15, 0.2) is 77.6 Å². The summed E-state index contributed by atoms with van der Waals surface area (Å²) in [6.07, 6.45) is 1.15. The fourth-order valence-corrected chi connectivity index (χ4v) is 5.65. The van der Waals surface area contributed by atoms with Gasteiger partial charge >= 0.3 is 5.97 Å². The normalized spacial score (nSPS) is 13.9. The number of hydrogen-bond acceptors (Lipinski definition) is 5. The number of carbonyl (C=O) groups is 2. The molecule has 4 aromatic rings. The van der Waals surface area contributed by atoms with Crippen molar-refractivity contribution in [1.29, 1.82) is 0 Å². The standard InChI is InChI=1S/C32H31Cl2N3O4/c1-2-41-31(40)19-30(39)37-15-13-25(14-16-37)35-28-18-29(38)36-27-12-7-22(17-26(27)28)32(20-3-8-23(33)9-4-20)21-5-10-24(34)11-6-21/h3-12,17-18,25,32H,2,13-16,19H2,1H3,(H2,35,36,38). The lowest BCUT2D eigenvalue weighted by Crippen LogP contribution is -2.43. The van der Waals surface area contributed by atoms with E-state index in [1.165, 1.54) is 0 Å². The van der Waals surface area contributed by atoms with Gasteiger partial charge in [0.2, 0.25) is 11.5 Å². The highest BCUT2D eigenvalue weighted by atomic mass is 35.5. The van der Waals surface area contributed by atoms with Crippen molar-refractivity contribution < 1.29 is 14.3 Å². The molecule has 7 nitrogen and oxygen atoms in total. The molecule has 41 heavy (non-hydrogen) atoms. The SMILES string of the molecule is CCOC(=O)CC(=O)N1CCC(Nc2cc(=O)[nH]c3ccc(C(c4ccc(Cl)cc4)c4ccc(Cl)cc4)cc23)CC1. The summed E-state index contributed by atoms with van der Waals surface area (Å²) in [4.78, 5) is 41.4. The number of aromatic amines is 1. The first-order valence-corrected chi connectivity index (χ1v) is 14.4. The number of fused-ring (bicyclic) bond motifs is 1. The summed E-state index contributed by atoms with van der Waals surface area (Å²) in [5, 5.41) is 5.79. The minimum Gasteiger partial charge on any atom is -0.466 e. The third kappa shape index (κ3) is 6.92. The van der Waals surface area contributed by atoms with Crippen LogP contribution in [-0.2, 0) is 14.3 Å². The van der Waals surface area contributed by atoms with Gasteiger partial charge in [0.05, 0.1) is 12.1 Å². The molecule has 5 rings (SSSR count). The number of anilines is 1. The van der Waals surface area contributed by atoms with Crippen molar-refractivity contribution in [3.63, 3.8) is 0 Å². The first-order valence-electron chi connectivity index (χ1n) is 13.7. The summed E-state index contributed by atoms with van der Waals surface area (Å²) < 4.78 is 4.91. The molecule has 2 N–H and O–H groups in total. The van der Waals surface area contributed by atoms with Crippen LogP contribution in [0.2, 0.25) is 10.0 Å². The molecule has 1 saturated heterocycles. The number of halogens is 2. The summed E-state index contributed by atoms with van der Waals surface area (Å²) in [6.45, 7) is 3.02. The van der Waals surface area contributed by atoms with Crippen LogP contribution in [0.3, 0.4) is 0 Å². The molecule has 9 heteroatoms. The number of H-pyrrole nitrogens is 1. The topological polar surface area (TPSA) is 91.5 Å². The van der Waals surface area contributed by atoms with E-state index in [0.29, 0.717) is 36.0 Å². The summed E-state index contributed by atoms with van der Waals surface area (Å²) in [7, 11) is 0. The van der Waals surface area contributed by atoms with Crippen molar-refractivity contribution in [2.24, 2.45) is 0 Å². The number of likely N-dealkylation sites (tertiary alicyclic amines) is 1. The molecule has 1 aliphatic heterocycles. The molecule has 1 aliphatic rings. The number of nitrogens with zero attached hydrogens (tertiary/aromatic N) is 1. The average molecular weight is 593 g/mol. The van der Waals surface area contributed by atoms with Crippen molar-refractivity contribution >= 4 is 51.7 Å². The van der Waals surface area contributed by atoms with Gasteiger partial charge < -0.3 is 19.9 Å². The van der Waals surface area contributed by atoms with Crippen molar-refractivity contribution in [3.8, 4) is 0 Å². The van der Waals surface area contributed by atoms with E-state index in [-0.39, 0.29) is 36.5 Å². The largest absolute Gasteiger partial charge is 0.466 e. The molecule has 0 spiro atoms. The number of rotatable bonds is 8. The quantitative estimate of drug-likeness (QED) is 0.141. The molecule has 0 radical (unpaired) electrons. The monoisotopic (exact) mass is 591 g/mol. The number of esters is 1. The van der Waals surface area contributed by atoms with E-state index in [1.807, 2.05) is 60.7 Å². The number of hydrogen-bond donors (Lipinski definition) is 2. The van der Waals surface area contributed by atoms with Gasteiger partial charge in [-0.1, -0.05) is 53.5 Å². The number of pyridine rings is 1.